The maximum atomic E-state index is 13.0. The van der Waals surface area contributed by atoms with Crippen molar-refractivity contribution in [1.82, 2.24) is 14.9 Å². The number of carbonyl (C=O) groups is 1. The van der Waals surface area contributed by atoms with Crippen LogP contribution in [0.3, 0.4) is 0 Å². The van der Waals surface area contributed by atoms with E-state index in [9.17, 15) is 13.2 Å². The monoisotopic (exact) mass is 467 g/mol. The van der Waals surface area contributed by atoms with Gasteiger partial charge in [-0.1, -0.05) is 0 Å². The minimum atomic E-state index is -3.81. The summed E-state index contributed by atoms with van der Waals surface area (Å²) in [5.41, 5.74) is -1.14. The summed E-state index contributed by atoms with van der Waals surface area (Å²) in [4.78, 5) is 22.3. The molecule has 0 radical (unpaired) electrons. The Morgan fingerprint density at radius 3 is 2.25 bits per heavy atom. The van der Waals surface area contributed by atoms with Crippen LogP contribution in [0.1, 0.15) is 67.7 Å². The van der Waals surface area contributed by atoms with E-state index in [0.717, 1.165) is 12.8 Å². The predicted molar refractivity (Wildman–Crippen MR) is 120 cm³/mol. The van der Waals surface area contributed by atoms with Gasteiger partial charge in [0.25, 0.3) is 0 Å². The molecule has 2 aliphatic rings. The molecule has 11 heteroatoms. The van der Waals surface area contributed by atoms with Crippen molar-refractivity contribution in [1.29, 1.82) is 0 Å². The highest BCUT2D eigenvalue weighted by Crippen LogP contribution is 2.36. The molecule has 2 aliphatic heterocycles. The molecule has 0 saturated carbocycles. The zero-order valence-electron chi connectivity index (χ0n) is 20.0. The lowest BCUT2D eigenvalue weighted by Gasteiger charge is -2.36. The Morgan fingerprint density at radius 2 is 1.72 bits per heavy atom. The highest BCUT2D eigenvalue weighted by molar-refractivity contribution is 7.91. The standard InChI is InChI=1S/C21H34BN3O6S/c1-19(2,3)29-18(26)25-11-9-8-10-16(25)14-32(27,28)17-23-12-15(13-24-17)22-30-20(4,5)21(6,7)31-22/h12-13,16H,8-11,14H2,1-7H3/t16-/m1/s1. The van der Waals surface area contributed by atoms with Crippen LogP contribution in [0.4, 0.5) is 4.79 Å². The Balaban J connectivity index is 1.73. The maximum absolute atomic E-state index is 13.0. The molecule has 3 heterocycles. The molecule has 0 aliphatic carbocycles. The largest absolute Gasteiger partial charge is 0.498 e. The number of amides is 1. The molecule has 9 nitrogen and oxygen atoms in total. The van der Waals surface area contributed by atoms with Crippen LogP contribution in [0.25, 0.3) is 0 Å². The van der Waals surface area contributed by atoms with E-state index in [2.05, 4.69) is 9.97 Å². The molecule has 0 N–H and O–H groups in total. The topological polar surface area (TPSA) is 108 Å². The first-order chi connectivity index (χ1) is 14.6. The van der Waals surface area contributed by atoms with Gasteiger partial charge in [0, 0.05) is 30.4 Å². The number of sulfone groups is 1. The van der Waals surface area contributed by atoms with Gasteiger partial charge >= 0.3 is 13.2 Å². The summed E-state index contributed by atoms with van der Waals surface area (Å²) >= 11 is 0. The van der Waals surface area contributed by atoms with Crippen LogP contribution in [0.15, 0.2) is 17.6 Å². The molecule has 1 aromatic heterocycles. The van der Waals surface area contributed by atoms with Crippen molar-refractivity contribution in [3.8, 4) is 0 Å². The van der Waals surface area contributed by atoms with Crippen molar-refractivity contribution in [3.05, 3.63) is 12.4 Å². The minimum absolute atomic E-state index is 0.248. The van der Waals surface area contributed by atoms with Gasteiger partial charge in [-0.05, 0) is 67.7 Å². The van der Waals surface area contributed by atoms with E-state index in [4.69, 9.17) is 14.0 Å². The molecule has 1 aromatic rings. The zero-order valence-corrected chi connectivity index (χ0v) is 20.9. The van der Waals surface area contributed by atoms with E-state index >= 15 is 0 Å². The smallest absolute Gasteiger partial charge is 0.444 e. The summed E-state index contributed by atoms with van der Waals surface area (Å²) in [5, 5.41) is -0.271. The van der Waals surface area contributed by atoms with Crippen molar-refractivity contribution in [2.45, 2.75) is 95.7 Å². The average molecular weight is 467 g/mol. The lowest BCUT2D eigenvalue weighted by atomic mass is 9.81. The van der Waals surface area contributed by atoms with Crippen molar-refractivity contribution in [2.75, 3.05) is 12.3 Å². The quantitative estimate of drug-likeness (QED) is 0.491. The lowest BCUT2D eigenvalue weighted by molar-refractivity contribution is 0.00578. The summed E-state index contributed by atoms with van der Waals surface area (Å²) in [5.74, 6) is -0.248. The molecule has 0 unspecified atom stereocenters. The van der Waals surface area contributed by atoms with Crippen LogP contribution in [0.2, 0.25) is 0 Å². The van der Waals surface area contributed by atoms with Gasteiger partial charge in [0.2, 0.25) is 15.0 Å². The SMILES string of the molecule is CC(C)(C)OC(=O)N1CCCC[C@@H]1CS(=O)(=O)c1ncc(B2OC(C)(C)C(C)(C)O2)cn1. The predicted octanol–water partition coefficient (Wildman–Crippen LogP) is 2.34. The molecular formula is C21H34BN3O6S. The van der Waals surface area contributed by atoms with Gasteiger partial charge in [0.15, 0.2) is 0 Å². The van der Waals surface area contributed by atoms with Gasteiger partial charge in [-0.25, -0.2) is 23.2 Å². The third-order valence-corrected chi connectivity index (χ3v) is 7.71. The van der Waals surface area contributed by atoms with Gasteiger partial charge in [-0.15, -0.1) is 0 Å². The van der Waals surface area contributed by atoms with Crippen molar-refractivity contribution >= 4 is 28.5 Å². The molecule has 178 valence electrons. The summed E-state index contributed by atoms with van der Waals surface area (Å²) in [6.07, 6.45) is 4.61. The van der Waals surface area contributed by atoms with Crippen LogP contribution in [-0.4, -0.2) is 71.6 Å². The number of aromatic nitrogens is 2. The minimum Gasteiger partial charge on any atom is -0.444 e. The number of hydrogen-bond acceptors (Lipinski definition) is 8. The van der Waals surface area contributed by atoms with Gasteiger partial charge in [-0.2, -0.15) is 0 Å². The second-order valence-corrected chi connectivity index (χ2v) is 12.4. The molecule has 0 spiro atoms. The van der Waals surface area contributed by atoms with Gasteiger partial charge in [0.1, 0.15) is 5.60 Å². The van der Waals surface area contributed by atoms with Crippen molar-refractivity contribution in [2.24, 2.45) is 0 Å². The highest BCUT2D eigenvalue weighted by Gasteiger charge is 2.52. The number of piperidine rings is 1. The Morgan fingerprint density at radius 1 is 1.16 bits per heavy atom. The number of ether oxygens (including phenoxy) is 1. The van der Waals surface area contributed by atoms with Gasteiger partial charge < -0.3 is 18.9 Å². The molecule has 1 amide bonds. The third kappa shape index (κ3) is 5.43. The molecule has 2 saturated heterocycles. The van der Waals surface area contributed by atoms with Crippen molar-refractivity contribution < 1.29 is 27.3 Å². The number of nitrogens with zero attached hydrogens (tertiary/aromatic N) is 3. The molecule has 32 heavy (non-hydrogen) atoms. The molecule has 0 bridgehead atoms. The summed E-state index contributed by atoms with van der Waals surface area (Å²) < 4.78 is 43.5. The first-order valence-electron chi connectivity index (χ1n) is 11.0. The van der Waals surface area contributed by atoms with Crippen LogP contribution in [0, 0.1) is 0 Å². The third-order valence-electron chi connectivity index (χ3n) is 6.12. The average Bonchev–Trinajstić information content (AvgIpc) is 2.88. The Kier molecular flexibility index (Phi) is 6.67. The molecule has 2 fully saturated rings. The first-order valence-corrected chi connectivity index (χ1v) is 12.7. The molecular weight excluding hydrogens is 433 g/mol. The van der Waals surface area contributed by atoms with Crippen LogP contribution in [-0.2, 0) is 23.9 Å². The fourth-order valence-electron chi connectivity index (χ4n) is 3.65. The first kappa shape index (κ1) is 24.9. The lowest BCUT2D eigenvalue weighted by Crippen LogP contribution is -2.49. The zero-order chi connectivity index (χ0) is 23.9. The van der Waals surface area contributed by atoms with Crippen LogP contribution < -0.4 is 5.46 Å². The number of likely N-dealkylation sites (tertiary alicyclic amines) is 1. The van der Waals surface area contributed by atoms with E-state index in [1.165, 1.54) is 17.3 Å². The number of rotatable bonds is 4. The van der Waals surface area contributed by atoms with Crippen LogP contribution >= 0.6 is 0 Å². The normalized spacial score (nSPS) is 23.3. The van der Waals surface area contributed by atoms with E-state index < -0.39 is 45.9 Å². The summed E-state index contributed by atoms with van der Waals surface area (Å²) in [6.45, 7) is 13.6. The summed E-state index contributed by atoms with van der Waals surface area (Å²) in [6, 6.07) is -0.477. The molecule has 0 aromatic carbocycles. The number of carbonyl (C=O) groups excluding carboxylic acids is 1. The highest BCUT2D eigenvalue weighted by atomic mass is 32.2. The Bertz CT molecular complexity index is 927. The maximum Gasteiger partial charge on any atom is 0.498 e. The number of hydrogen-bond donors (Lipinski definition) is 0. The Hall–Kier alpha value is -1.72. The second-order valence-electron chi connectivity index (χ2n) is 10.5. The fourth-order valence-corrected chi connectivity index (χ4v) is 5.08. The molecule has 3 rings (SSSR count). The van der Waals surface area contributed by atoms with Crippen molar-refractivity contribution in [3.63, 3.8) is 0 Å². The van der Waals surface area contributed by atoms with Crippen LogP contribution in [0.5, 0.6) is 0 Å². The summed E-state index contributed by atoms with van der Waals surface area (Å²) in [7, 11) is -4.48. The van der Waals surface area contributed by atoms with Gasteiger partial charge in [0.05, 0.1) is 17.0 Å². The van der Waals surface area contributed by atoms with Gasteiger partial charge in [-0.3, -0.25) is 0 Å². The van der Waals surface area contributed by atoms with E-state index in [1.807, 2.05) is 27.7 Å². The Labute approximate surface area is 191 Å². The molecule has 1 atom stereocenters. The second kappa shape index (κ2) is 8.57. The van der Waals surface area contributed by atoms with E-state index in [-0.39, 0.29) is 10.9 Å². The van der Waals surface area contributed by atoms with E-state index in [0.29, 0.717) is 18.4 Å². The fraction of sp³-hybridized carbons (Fsp3) is 0.762. The van der Waals surface area contributed by atoms with E-state index in [1.54, 1.807) is 20.8 Å².